The first-order valence-corrected chi connectivity index (χ1v) is 5.93. The summed E-state index contributed by atoms with van der Waals surface area (Å²) in [5.74, 6) is 7.43. The molecule has 0 saturated carbocycles. The third-order valence-electron chi connectivity index (χ3n) is 2.67. The Morgan fingerprint density at radius 2 is 1.79 bits per heavy atom. The van der Waals surface area contributed by atoms with Crippen LogP contribution in [0.3, 0.4) is 0 Å². The van der Waals surface area contributed by atoms with Crippen molar-refractivity contribution in [3.63, 3.8) is 0 Å². The van der Waals surface area contributed by atoms with Gasteiger partial charge in [0, 0.05) is 11.8 Å². The van der Waals surface area contributed by atoms with Crippen LogP contribution in [0, 0.1) is 20.8 Å². The Hall–Kier alpha value is -2.28. The predicted octanol–water partition coefficient (Wildman–Crippen LogP) is 1.09. The molecule has 0 saturated heterocycles. The van der Waals surface area contributed by atoms with Crippen molar-refractivity contribution in [1.82, 2.24) is 19.9 Å². The number of hydrazine groups is 1. The second-order valence-electron chi connectivity index (χ2n) is 4.24. The van der Waals surface area contributed by atoms with Crippen LogP contribution in [0.2, 0.25) is 0 Å². The highest BCUT2D eigenvalue weighted by molar-refractivity contribution is 5.56. The highest BCUT2D eigenvalue weighted by atomic mass is 15.3. The molecule has 7 nitrogen and oxygen atoms in total. The van der Waals surface area contributed by atoms with Crippen molar-refractivity contribution in [2.45, 2.75) is 27.3 Å². The van der Waals surface area contributed by atoms with Crippen LogP contribution >= 0.6 is 0 Å². The standard InChI is InChI=1S/C12H17N7/c1-7-4-15-10(5-14-7)6-16-11-8(2)12(19-13)18-9(3)17-11/h4-5H,6,13H2,1-3H3,(H2,16,17,18,19). The Bertz CT molecular complexity index is 565. The van der Waals surface area contributed by atoms with Gasteiger partial charge in [-0.2, -0.15) is 0 Å². The monoisotopic (exact) mass is 259 g/mol. The minimum Gasteiger partial charge on any atom is -0.364 e. The van der Waals surface area contributed by atoms with E-state index in [1.165, 1.54) is 0 Å². The molecule has 4 N–H and O–H groups in total. The summed E-state index contributed by atoms with van der Waals surface area (Å²) in [6.07, 6.45) is 3.48. The Balaban J connectivity index is 2.15. The van der Waals surface area contributed by atoms with Crippen LogP contribution in [0.4, 0.5) is 11.6 Å². The van der Waals surface area contributed by atoms with Gasteiger partial charge in [0.15, 0.2) is 0 Å². The maximum atomic E-state index is 5.42. The van der Waals surface area contributed by atoms with Gasteiger partial charge in [-0.25, -0.2) is 15.8 Å². The van der Waals surface area contributed by atoms with Gasteiger partial charge >= 0.3 is 0 Å². The fourth-order valence-corrected chi connectivity index (χ4v) is 1.63. The molecule has 0 spiro atoms. The van der Waals surface area contributed by atoms with Gasteiger partial charge in [0.2, 0.25) is 0 Å². The summed E-state index contributed by atoms with van der Waals surface area (Å²) < 4.78 is 0. The molecule has 0 bridgehead atoms. The zero-order valence-corrected chi connectivity index (χ0v) is 11.2. The van der Waals surface area contributed by atoms with E-state index in [0.29, 0.717) is 18.2 Å². The molecule has 19 heavy (non-hydrogen) atoms. The van der Waals surface area contributed by atoms with E-state index in [4.69, 9.17) is 5.84 Å². The Morgan fingerprint density at radius 3 is 2.42 bits per heavy atom. The Labute approximate surface area is 111 Å². The van der Waals surface area contributed by atoms with E-state index < -0.39 is 0 Å². The summed E-state index contributed by atoms with van der Waals surface area (Å²) >= 11 is 0. The lowest BCUT2D eigenvalue weighted by molar-refractivity contribution is 0.954. The number of aryl methyl sites for hydroxylation is 2. The van der Waals surface area contributed by atoms with Gasteiger partial charge in [-0.3, -0.25) is 9.97 Å². The summed E-state index contributed by atoms with van der Waals surface area (Å²) in [4.78, 5) is 17.0. The topological polar surface area (TPSA) is 102 Å². The van der Waals surface area contributed by atoms with Gasteiger partial charge < -0.3 is 10.7 Å². The average Bonchev–Trinajstić information content (AvgIpc) is 2.41. The van der Waals surface area contributed by atoms with Crippen LogP contribution in [-0.2, 0) is 6.54 Å². The molecule has 0 aliphatic carbocycles. The average molecular weight is 259 g/mol. The van der Waals surface area contributed by atoms with Crippen LogP contribution in [0.15, 0.2) is 12.4 Å². The zero-order chi connectivity index (χ0) is 13.8. The second-order valence-corrected chi connectivity index (χ2v) is 4.24. The van der Waals surface area contributed by atoms with Crippen molar-refractivity contribution >= 4 is 11.6 Å². The van der Waals surface area contributed by atoms with Crippen LogP contribution in [0.5, 0.6) is 0 Å². The molecule has 0 radical (unpaired) electrons. The smallest absolute Gasteiger partial charge is 0.148 e. The van der Waals surface area contributed by atoms with Gasteiger partial charge in [-0.05, 0) is 20.8 Å². The molecule has 0 atom stereocenters. The van der Waals surface area contributed by atoms with E-state index >= 15 is 0 Å². The van der Waals surface area contributed by atoms with Gasteiger partial charge in [-0.15, -0.1) is 0 Å². The first-order chi connectivity index (χ1) is 9.10. The third kappa shape index (κ3) is 3.14. The van der Waals surface area contributed by atoms with E-state index in [1.54, 1.807) is 12.4 Å². The highest BCUT2D eigenvalue weighted by Gasteiger charge is 2.08. The second kappa shape index (κ2) is 5.57. The maximum Gasteiger partial charge on any atom is 0.148 e. The van der Waals surface area contributed by atoms with Crippen molar-refractivity contribution in [2.75, 3.05) is 10.7 Å². The number of aromatic nitrogens is 4. The van der Waals surface area contributed by atoms with Crippen LogP contribution < -0.4 is 16.6 Å². The minimum absolute atomic E-state index is 0.550. The van der Waals surface area contributed by atoms with Gasteiger partial charge in [0.25, 0.3) is 0 Å². The van der Waals surface area contributed by atoms with Crippen LogP contribution in [-0.4, -0.2) is 19.9 Å². The van der Waals surface area contributed by atoms with E-state index in [-0.39, 0.29) is 0 Å². The molecule has 2 aromatic heterocycles. The molecule has 2 rings (SSSR count). The number of hydrogen-bond acceptors (Lipinski definition) is 7. The fourth-order valence-electron chi connectivity index (χ4n) is 1.63. The maximum absolute atomic E-state index is 5.42. The number of nitrogen functional groups attached to an aromatic ring is 1. The lowest BCUT2D eigenvalue weighted by Crippen LogP contribution is -2.14. The quantitative estimate of drug-likeness (QED) is 0.558. The lowest BCUT2D eigenvalue weighted by Gasteiger charge is -2.12. The first kappa shape index (κ1) is 13.2. The van der Waals surface area contributed by atoms with Gasteiger partial charge in [-0.1, -0.05) is 0 Å². The number of nitrogens with two attached hydrogens (primary N) is 1. The molecule has 2 aromatic rings. The molecular formula is C12H17N7. The Kier molecular flexibility index (Phi) is 3.86. The normalized spacial score (nSPS) is 10.3. The zero-order valence-electron chi connectivity index (χ0n) is 11.2. The fraction of sp³-hybridized carbons (Fsp3) is 0.333. The van der Waals surface area contributed by atoms with E-state index in [0.717, 1.165) is 22.8 Å². The number of nitrogens with zero attached hydrogens (tertiary/aromatic N) is 4. The molecule has 0 aromatic carbocycles. The molecule has 100 valence electrons. The van der Waals surface area contributed by atoms with Crippen molar-refractivity contribution in [1.29, 1.82) is 0 Å². The number of nitrogens with one attached hydrogen (secondary N) is 2. The van der Waals surface area contributed by atoms with Crippen LogP contribution in [0.25, 0.3) is 0 Å². The molecule has 0 unspecified atom stereocenters. The molecule has 0 aliphatic rings. The molecule has 0 amide bonds. The summed E-state index contributed by atoms with van der Waals surface area (Å²) in [6.45, 7) is 6.17. The number of hydrogen-bond donors (Lipinski definition) is 3. The van der Waals surface area contributed by atoms with Crippen molar-refractivity contribution in [2.24, 2.45) is 5.84 Å². The molecular weight excluding hydrogens is 242 g/mol. The Morgan fingerprint density at radius 1 is 1.05 bits per heavy atom. The van der Waals surface area contributed by atoms with Crippen molar-refractivity contribution in [3.8, 4) is 0 Å². The predicted molar refractivity (Wildman–Crippen MR) is 73.4 cm³/mol. The van der Waals surface area contributed by atoms with Crippen LogP contribution in [0.1, 0.15) is 22.8 Å². The van der Waals surface area contributed by atoms with E-state index in [1.807, 2.05) is 20.8 Å². The summed E-state index contributed by atoms with van der Waals surface area (Å²) in [5, 5.41) is 3.22. The molecule has 2 heterocycles. The number of rotatable bonds is 4. The highest BCUT2D eigenvalue weighted by Crippen LogP contribution is 2.19. The summed E-state index contributed by atoms with van der Waals surface area (Å²) in [6, 6.07) is 0. The van der Waals surface area contributed by atoms with Crippen molar-refractivity contribution < 1.29 is 0 Å². The number of anilines is 2. The van der Waals surface area contributed by atoms with E-state index in [2.05, 4.69) is 30.7 Å². The first-order valence-electron chi connectivity index (χ1n) is 5.93. The molecule has 0 fully saturated rings. The summed E-state index contributed by atoms with van der Waals surface area (Å²) in [7, 11) is 0. The third-order valence-corrected chi connectivity index (χ3v) is 2.67. The minimum atomic E-state index is 0.550. The summed E-state index contributed by atoms with van der Waals surface area (Å²) in [5.41, 5.74) is 5.18. The van der Waals surface area contributed by atoms with Crippen molar-refractivity contribution in [3.05, 3.63) is 35.2 Å². The van der Waals surface area contributed by atoms with E-state index in [9.17, 15) is 0 Å². The lowest BCUT2D eigenvalue weighted by atomic mass is 10.3. The largest absolute Gasteiger partial charge is 0.364 e. The van der Waals surface area contributed by atoms with Gasteiger partial charge in [0.1, 0.15) is 17.5 Å². The molecule has 0 aliphatic heterocycles. The molecule has 7 heteroatoms. The SMILES string of the molecule is Cc1cnc(CNc2nc(C)nc(NN)c2C)cn1. The van der Waals surface area contributed by atoms with Gasteiger partial charge in [0.05, 0.1) is 24.1 Å².